The third kappa shape index (κ3) is 2.61. The van der Waals surface area contributed by atoms with Crippen LogP contribution in [0.15, 0.2) is 46.9 Å². The number of rotatable bonds is 3. The summed E-state index contributed by atoms with van der Waals surface area (Å²) in [7, 11) is 0. The average Bonchev–Trinajstić information content (AvgIpc) is 2.76. The van der Waals surface area contributed by atoms with E-state index >= 15 is 0 Å². The Morgan fingerprint density at radius 3 is 2.56 bits per heavy atom. The molecular formula is C13H10BrFO. The highest BCUT2D eigenvalue weighted by Crippen LogP contribution is 2.22. The van der Waals surface area contributed by atoms with Crippen molar-refractivity contribution < 1.29 is 8.81 Å². The van der Waals surface area contributed by atoms with E-state index in [1.54, 1.807) is 12.1 Å². The maximum Gasteiger partial charge on any atom is 0.134 e. The first-order valence-corrected chi connectivity index (χ1v) is 6.00. The monoisotopic (exact) mass is 280 g/mol. The van der Waals surface area contributed by atoms with E-state index in [0.717, 1.165) is 22.4 Å². The van der Waals surface area contributed by atoms with Gasteiger partial charge in [0.1, 0.15) is 17.3 Å². The minimum absolute atomic E-state index is 0.241. The van der Waals surface area contributed by atoms with Gasteiger partial charge in [0.05, 0.1) is 0 Å². The van der Waals surface area contributed by atoms with Gasteiger partial charge in [0.15, 0.2) is 0 Å². The van der Waals surface area contributed by atoms with Gasteiger partial charge in [-0.3, -0.25) is 0 Å². The van der Waals surface area contributed by atoms with E-state index in [1.807, 2.05) is 24.3 Å². The van der Waals surface area contributed by atoms with Crippen LogP contribution in [-0.2, 0) is 0 Å². The molecule has 1 aromatic heterocycles. The first-order chi connectivity index (χ1) is 7.79. The van der Waals surface area contributed by atoms with Crippen LogP contribution in [0.2, 0.25) is 0 Å². The summed E-state index contributed by atoms with van der Waals surface area (Å²) in [6.07, 6.45) is 3.84. The molecule has 0 N–H and O–H groups in total. The predicted octanol–water partition coefficient (Wildman–Crippen LogP) is 4.49. The molecule has 0 saturated heterocycles. The molecule has 0 radical (unpaired) electrons. The van der Waals surface area contributed by atoms with Gasteiger partial charge in [-0.15, -0.1) is 0 Å². The summed E-state index contributed by atoms with van der Waals surface area (Å²) in [4.78, 5) is 0. The normalized spacial score (nSPS) is 11.1. The molecule has 3 heteroatoms. The predicted molar refractivity (Wildman–Crippen MR) is 66.9 cm³/mol. The second kappa shape index (κ2) is 5.12. The van der Waals surface area contributed by atoms with Crippen LogP contribution < -0.4 is 0 Å². The van der Waals surface area contributed by atoms with Crippen molar-refractivity contribution in [1.29, 1.82) is 0 Å². The topological polar surface area (TPSA) is 13.1 Å². The highest BCUT2D eigenvalue weighted by molar-refractivity contribution is 9.09. The molecule has 0 aliphatic rings. The second-order valence-electron chi connectivity index (χ2n) is 3.27. The van der Waals surface area contributed by atoms with Crippen LogP contribution in [0.3, 0.4) is 0 Å². The molecule has 0 atom stereocenters. The Labute approximate surface area is 102 Å². The number of allylic oxidation sites excluding steroid dienone is 1. The molecule has 0 saturated carbocycles. The van der Waals surface area contributed by atoms with Crippen molar-refractivity contribution >= 4 is 22.0 Å². The number of alkyl halides is 1. The van der Waals surface area contributed by atoms with E-state index in [9.17, 15) is 4.39 Å². The van der Waals surface area contributed by atoms with Crippen LogP contribution in [0.4, 0.5) is 4.39 Å². The molecule has 1 heterocycles. The van der Waals surface area contributed by atoms with E-state index in [4.69, 9.17) is 4.42 Å². The molecule has 16 heavy (non-hydrogen) atoms. The molecular weight excluding hydrogens is 271 g/mol. The Morgan fingerprint density at radius 1 is 1.12 bits per heavy atom. The highest BCUT2D eigenvalue weighted by Gasteiger charge is 2.02. The zero-order valence-electron chi connectivity index (χ0n) is 8.49. The van der Waals surface area contributed by atoms with Crippen molar-refractivity contribution in [1.82, 2.24) is 0 Å². The maximum absolute atomic E-state index is 12.7. The fraction of sp³-hybridized carbons (Fsp3) is 0.0769. The molecule has 0 aliphatic heterocycles. The summed E-state index contributed by atoms with van der Waals surface area (Å²) >= 11 is 3.30. The molecule has 0 unspecified atom stereocenters. The van der Waals surface area contributed by atoms with Gasteiger partial charge in [-0.05, 0) is 42.5 Å². The summed E-state index contributed by atoms with van der Waals surface area (Å²) in [5.74, 6) is 1.29. The lowest BCUT2D eigenvalue weighted by molar-refractivity contribution is 0.571. The number of furan rings is 1. The highest BCUT2D eigenvalue weighted by atomic mass is 79.9. The molecule has 2 rings (SSSR count). The van der Waals surface area contributed by atoms with Gasteiger partial charge in [-0.2, -0.15) is 0 Å². The van der Waals surface area contributed by atoms with Crippen LogP contribution in [0.1, 0.15) is 5.76 Å². The Bertz CT molecular complexity index is 485. The van der Waals surface area contributed by atoms with Gasteiger partial charge in [-0.1, -0.05) is 22.0 Å². The number of benzene rings is 1. The van der Waals surface area contributed by atoms with Crippen LogP contribution in [-0.4, -0.2) is 5.33 Å². The van der Waals surface area contributed by atoms with Crippen molar-refractivity contribution in [2.75, 3.05) is 5.33 Å². The minimum Gasteiger partial charge on any atom is -0.457 e. The number of hydrogen-bond donors (Lipinski definition) is 0. The molecule has 0 bridgehead atoms. The van der Waals surface area contributed by atoms with E-state index in [1.165, 1.54) is 12.1 Å². The summed E-state index contributed by atoms with van der Waals surface area (Å²) in [5.41, 5.74) is 0.875. The van der Waals surface area contributed by atoms with Crippen molar-refractivity contribution in [3.63, 3.8) is 0 Å². The Kier molecular flexibility index (Phi) is 3.57. The zero-order valence-corrected chi connectivity index (χ0v) is 10.1. The first-order valence-electron chi connectivity index (χ1n) is 4.88. The third-order valence-electron chi connectivity index (χ3n) is 2.13. The van der Waals surface area contributed by atoms with Gasteiger partial charge < -0.3 is 4.42 Å². The maximum atomic E-state index is 12.7. The molecule has 0 spiro atoms. The molecule has 0 amide bonds. The molecule has 2 aromatic rings. The second-order valence-corrected chi connectivity index (χ2v) is 3.91. The Morgan fingerprint density at radius 2 is 1.88 bits per heavy atom. The van der Waals surface area contributed by atoms with Crippen molar-refractivity contribution in [3.05, 3.63) is 54.1 Å². The molecule has 0 aliphatic carbocycles. The van der Waals surface area contributed by atoms with Gasteiger partial charge in [-0.25, -0.2) is 4.39 Å². The quantitative estimate of drug-likeness (QED) is 0.755. The summed E-state index contributed by atoms with van der Waals surface area (Å²) in [6, 6.07) is 10.0. The smallest absolute Gasteiger partial charge is 0.134 e. The zero-order chi connectivity index (χ0) is 11.4. The lowest BCUT2D eigenvalue weighted by Crippen LogP contribution is -1.75. The summed E-state index contributed by atoms with van der Waals surface area (Å²) < 4.78 is 18.3. The minimum atomic E-state index is -0.241. The fourth-order valence-electron chi connectivity index (χ4n) is 1.37. The Balaban J connectivity index is 2.24. The molecule has 1 aromatic carbocycles. The third-order valence-corrected chi connectivity index (χ3v) is 2.50. The lowest BCUT2D eigenvalue weighted by atomic mass is 10.2. The van der Waals surface area contributed by atoms with E-state index in [0.29, 0.717) is 0 Å². The number of hydrogen-bond acceptors (Lipinski definition) is 1. The van der Waals surface area contributed by atoms with Gasteiger partial charge in [0.2, 0.25) is 0 Å². The van der Waals surface area contributed by atoms with Crippen LogP contribution in [0, 0.1) is 5.82 Å². The lowest BCUT2D eigenvalue weighted by Gasteiger charge is -1.95. The summed E-state index contributed by atoms with van der Waals surface area (Å²) in [6.45, 7) is 0. The van der Waals surface area contributed by atoms with E-state index in [-0.39, 0.29) is 5.82 Å². The largest absolute Gasteiger partial charge is 0.457 e. The van der Waals surface area contributed by atoms with Crippen LogP contribution in [0.5, 0.6) is 0 Å². The van der Waals surface area contributed by atoms with Crippen molar-refractivity contribution in [2.45, 2.75) is 0 Å². The van der Waals surface area contributed by atoms with Gasteiger partial charge in [0, 0.05) is 10.9 Å². The van der Waals surface area contributed by atoms with Crippen LogP contribution in [0.25, 0.3) is 17.4 Å². The van der Waals surface area contributed by atoms with E-state index < -0.39 is 0 Å². The van der Waals surface area contributed by atoms with E-state index in [2.05, 4.69) is 15.9 Å². The van der Waals surface area contributed by atoms with Crippen molar-refractivity contribution in [2.24, 2.45) is 0 Å². The van der Waals surface area contributed by atoms with Crippen LogP contribution >= 0.6 is 15.9 Å². The molecule has 0 fully saturated rings. The fourth-order valence-corrected chi connectivity index (χ4v) is 1.56. The van der Waals surface area contributed by atoms with Gasteiger partial charge in [0.25, 0.3) is 0 Å². The SMILES string of the molecule is Fc1ccc(-c2ccc(C=CCBr)o2)cc1. The Hall–Kier alpha value is -1.35. The molecule has 1 nitrogen and oxygen atoms in total. The summed E-state index contributed by atoms with van der Waals surface area (Å²) in [5, 5.41) is 0.791. The first kappa shape index (κ1) is 11.1. The molecule has 82 valence electrons. The standard InChI is InChI=1S/C13H10BrFO/c14-9-1-2-12-7-8-13(16-12)10-3-5-11(15)6-4-10/h1-8H,9H2. The van der Waals surface area contributed by atoms with Crippen molar-refractivity contribution in [3.8, 4) is 11.3 Å². The average molecular weight is 281 g/mol. The number of halogens is 2. The van der Waals surface area contributed by atoms with Gasteiger partial charge >= 0.3 is 0 Å².